The normalized spacial score (nSPS) is 10.1. The van der Waals surface area contributed by atoms with Gasteiger partial charge in [0.1, 0.15) is 0 Å². The summed E-state index contributed by atoms with van der Waals surface area (Å²) in [5.74, 6) is -0.303. The number of halogens is 1. The monoisotopic (exact) mass is 261 g/mol. The van der Waals surface area contributed by atoms with Crippen LogP contribution in [0.4, 0.5) is 11.4 Å². The summed E-state index contributed by atoms with van der Waals surface area (Å²) < 4.78 is 0. The van der Waals surface area contributed by atoms with Crippen molar-refractivity contribution in [3.8, 4) is 0 Å². The molecule has 0 fully saturated rings. The Bertz CT molecular complexity index is 599. The molecule has 0 unspecified atom stereocenters. The summed E-state index contributed by atoms with van der Waals surface area (Å²) in [5.41, 5.74) is 7.98. The van der Waals surface area contributed by atoms with Gasteiger partial charge in [0.25, 0.3) is 5.91 Å². The first-order valence-electron chi connectivity index (χ1n) is 5.35. The lowest BCUT2D eigenvalue weighted by Crippen LogP contribution is -2.14. The van der Waals surface area contributed by atoms with Crippen molar-refractivity contribution >= 4 is 28.9 Å². The van der Waals surface area contributed by atoms with E-state index in [4.69, 9.17) is 17.3 Å². The number of nitrogen functional groups attached to an aromatic ring is 1. The van der Waals surface area contributed by atoms with Gasteiger partial charge in [-0.15, -0.1) is 0 Å². The van der Waals surface area contributed by atoms with Crippen LogP contribution in [0.15, 0.2) is 36.7 Å². The quantitative estimate of drug-likeness (QED) is 0.873. The number of pyridine rings is 1. The van der Waals surface area contributed by atoms with Gasteiger partial charge in [-0.05, 0) is 30.7 Å². The summed E-state index contributed by atoms with van der Waals surface area (Å²) in [5, 5.41) is 3.22. The van der Waals surface area contributed by atoms with Gasteiger partial charge in [-0.2, -0.15) is 0 Å². The molecule has 5 heteroatoms. The summed E-state index contributed by atoms with van der Waals surface area (Å²) in [6.45, 7) is 1.92. The van der Waals surface area contributed by atoms with E-state index in [-0.39, 0.29) is 5.91 Å². The van der Waals surface area contributed by atoms with Crippen LogP contribution in [0.1, 0.15) is 15.9 Å². The number of nitrogens with zero attached hydrogens (tertiary/aromatic N) is 1. The third kappa shape index (κ3) is 2.60. The highest BCUT2D eigenvalue weighted by atomic mass is 35.5. The largest absolute Gasteiger partial charge is 0.397 e. The molecule has 2 aromatic rings. The lowest BCUT2D eigenvalue weighted by Gasteiger charge is -2.09. The van der Waals surface area contributed by atoms with Gasteiger partial charge in [0.05, 0.1) is 28.2 Å². The van der Waals surface area contributed by atoms with Gasteiger partial charge in [0, 0.05) is 6.20 Å². The van der Waals surface area contributed by atoms with Crippen molar-refractivity contribution in [1.29, 1.82) is 0 Å². The summed E-state index contributed by atoms with van der Waals surface area (Å²) in [4.78, 5) is 15.9. The van der Waals surface area contributed by atoms with E-state index in [0.717, 1.165) is 5.56 Å². The van der Waals surface area contributed by atoms with Crippen molar-refractivity contribution in [3.63, 3.8) is 0 Å². The fourth-order valence-corrected chi connectivity index (χ4v) is 1.70. The third-order valence-corrected chi connectivity index (χ3v) is 2.80. The number of rotatable bonds is 2. The molecule has 1 amide bonds. The van der Waals surface area contributed by atoms with E-state index in [9.17, 15) is 4.79 Å². The van der Waals surface area contributed by atoms with Crippen molar-refractivity contribution in [3.05, 3.63) is 52.8 Å². The number of aromatic nitrogens is 1. The van der Waals surface area contributed by atoms with E-state index in [1.54, 1.807) is 18.2 Å². The lowest BCUT2D eigenvalue weighted by molar-refractivity contribution is 0.102. The van der Waals surface area contributed by atoms with Gasteiger partial charge in [0.15, 0.2) is 0 Å². The van der Waals surface area contributed by atoms with E-state index in [1.165, 1.54) is 12.4 Å². The van der Waals surface area contributed by atoms with Crippen LogP contribution >= 0.6 is 11.6 Å². The van der Waals surface area contributed by atoms with E-state index in [0.29, 0.717) is 22.0 Å². The number of carbonyl (C=O) groups excluding carboxylic acids is 1. The Morgan fingerprint density at radius 3 is 2.89 bits per heavy atom. The van der Waals surface area contributed by atoms with Gasteiger partial charge in [-0.3, -0.25) is 9.78 Å². The fraction of sp³-hybridized carbons (Fsp3) is 0.0769. The Labute approximate surface area is 110 Å². The number of aryl methyl sites for hydroxylation is 1. The second-order valence-corrected chi connectivity index (χ2v) is 4.31. The van der Waals surface area contributed by atoms with Crippen LogP contribution in [0.25, 0.3) is 0 Å². The van der Waals surface area contributed by atoms with Crippen LogP contribution < -0.4 is 11.1 Å². The van der Waals surface area contributed by atoms with Crippen LogP contribution in [0.3, 0.4) is 0 Å². The molecule has 3 N–H and O–H groups in total. The minimum atomic E-state index is -0.303. The minimum absolute atomic E-state index is 0.303. The molecule has 0 spiro atoms. The molecule has 92 valence electrons. The van der Waals surface area contributed by atoms with Crippen molar-refractivity contribution in [2.75, 3.05) is 11.1 Å². The van der Waals surface area contributed by atoms with Crippen molar-refractivity contribution in [2.24, 2.45) is 0 Å². The standard InChI is InChI=1S/C13H12ClN3O/c1-8-2-3-10(14)12(6-8)17-13(18)9-4-5-16-7-11(9)15/h2-7H,15H2,1H3,(H,17,18). The van der Waals surface area contributed by atoms with Crippen LogP contribution in [0, 0.1) is 6.92 Å². The van der Waals surface area contributed by atoms with Gasteiger partial charge in [-0.25, -0.2) is 0 Å². The molecule has 1 heterocycles. The van der Waals surface area contributed by atoms with Crippen molar-refractivity contribution < 1.29 is 4.79 Å². The molecule has 4 nitrogen and oxygen atoms in total. The average molecular weight is 262 g/mol. The number of carbonyl (C=O) groups is 1. The van der Waals surface area contributed by atoms with Gasteiger partial charge < -0.3 is 11.1 Å². The van der Waals surface area contributed by atoms with Gasteiger partial charge in [0.2, 0.25) is 0 Å². The highest BCUT2D eigenvalue weighted by Gasteiger charge is 2.11. The van der Waals surface area contributed by atoms with E-state index < -0.39 is 0 Å². The summed E-state index contributed by atoms with van der Waals surface area (Å²) in [6.07, 6.45) is 2.95. The molecule has 0 saturated carbocycles. The SMILES string of the molecule is Cc1ccc(Cl)c(NC(=O)c2ccncc2N)c1. The molecule has 0 radical (unpaired) electrons. The first-order valence-corrected chi connectivity index (χ1v) is 5.72. The van der Waals surface area contributed by atoms with E-state index in [2.05, 4.69) is 10.3 Å². The molecular weight excluding hydrogens is 250 g/mol. The topological polar surface area (TPSA) is 68.0 Å². The number of hydrogen-bond donors (Lipinski definition) is 2. The molecule has 0 atom stereocenters. The smallest absolute Gasteiger partial charge is 0.257 e. The Kier molecular flexibility index (Phi) is 3.48. The number of hydrogen-bond acceptors (Lipinski definition) is 3. The van der Waals surface area contributed by atoms with Crippen LogP contribution in [0.5, 0.6) is 0 Å². The van der Waals surface area contributed by atoms with Gasteiger partial charge in [-0.1, -0.05) is 17.7 Å². The molecule has 1 aromatic carbocycles. The maximum atomic E-state index is 12.0. The fourth-order valence-electron chi connectivity index (χ4n) is 1.54. The maximum Gasteiger partial charge on any atom is 0.257 e. The Morgan fingerprint density at radius 2 is 2.17 bits per heavy atom. The predicted molar refractivity (Wildman–Crippen MR) is 72.8 cm³/mol. The van der Waals surface area contributed by atoms with Crippen LogP contribution in [-0.4, -0.2) is 10.9 Å². The number of anilines is 2. The van der Waals surface area contributed by atoms with Crippen LogP contribution in [-0.2, 0) is 0 Å². The zero-order chi connectivity index (χ0) is 13.1. The molecule has 0 saturated heterocycles. The first-order chi connectivity index (χ1) is 8.58. The van der Waals surface area contributed by atoms with E-state index in [1.807, 2.05) is 13.0 Å². The molecule has 0 aliphatic rings. The molecule has 2 rings (SSSR count). The third-order valence-electron chi connectivity index (χ3n) is 2.47. The molecule has 1 aromatic heterocycles. The van der Waals surface area contributed by atoms with Gasteiger partial charge >= 0.3 is 0 Å². The summed E-state index contributed by atoms with van der Waals surface area (Å²) >= 11 is 6.01. The van der Waals surface area contributed by atoms with Crippen molar-refractivity contribution in [2.45, 2.75) is 6.92 Å². The minimum Gasteiger partial charge on any atom is -0.397 e. The van der Waals surface area contributed by atoms with E-state index >= 15 is 0 Å². The molecule has 0 bridgehead atoms. The average Bonchev–Trinajstić information content (AvgIpc) is 2.34. The predicted octanol–water partition coefficient (Wildman–Crippen LogP) is 2.88. The van der Waals surface area contributed by atoms with Crippen molar-refractivity contribution in [1.82, 2.24) is 4.98 Å². The molecule has 18 heavy (non-hydrogen) atoms. The van der Waals surface area contributed by atoms with Crippen LogP contribution in [0.2, 0.25) is 5.02 Å². The number of nitrogens with two attached hydrogens (primary N) is 1. The number of benzene rings is 1. The molecule has 0 aliphatic carbocycles. The second-order valence-electron chi connectivity index (χ2n) is 3.90. The highest BCUT2D eigenvalue weighted by Crippen LogP contribution is 2.23. The zero-order valence-electron chi connectivity index (χ0n) is 9.77. The Morgan fingerprint density at radius 1 is 1.39 bits per heavy atom. The Balaban J connectivity index is 2.27. The Hall–Kier alpha value is -2.07. The maximum absolute atomic E-state index is 12.0. The molecular formula is C13H12ClN3O. The second kappa shape index (κ2) is 5.06. The highest BCUT2D eigenvalue weighted by molar-refractivity contribution is 6.34. The summed E-state index contributed by atoms with van der Waals surface area (Å²) in [6, 6.07) is 6.98. The number of nitrogens with one attached hydrogen (secondary N) is 1. The molecule has 0 aliphatic heterocycles. The zero-order valence-corrected chi connectivity index (χ0v) is 10.5. The first kappa shape index (κ1) is 12.4. The number of amides is 1. The summed E-state index contributed by atoms with van der Waals surface area (Å²) in [7, 11) is 0. The lowest BCUT2D eigenvalue weighted by atomic mass is 10.2.